The Kier molecular flexibility index (Phi) is 13.5. The highest BCUT2D eigenvalue weighted by atomic mass is 28.4. The van der Waals surface area contributed by atoms with Crippen LogP contribution in [0, 0.1) is 11.3 Å². The molecule has 0 amide bonds. The van der Waals surface area contributed by atoms with E-state index in [2.05, 4.69) is 102 Å². The highest BCUT2D eigenvalue weighted by Crippen LogP contribution is 2.40. The summed E-state index contributed by atoms with van der Waals surface area (Å²) in [4.78, 5) is 0. The summed E-state index contributed by atoms with van der Waals surface area (Å²) in [5.41, 5.74) is 0.125. The SMILES string of the molecule is CCC(C)CC.CCCC(C)(CO[Si](C)(C)C(C)(C)C)CO[Si](C)(C)C(C)(C)C. The third-order valence-electron chi connectivity index (χ3n) is 7.42. The van der Waals surface area contributed by atoms with Crippen LogP contribution in [0.4, 0.5) is 0 Å². The summed E-state index contributed by atoms with van der Waals surface area (Å²) in [6.45, 7) is 36.2. The molecule has 178 valence electrons. The van der Waals surface area contributed by atoms with E-state index in [-0.39, 0.29) is 15.5 Å². The van der Waals surface area contributed by atoms with Gasteiger partial charge in [0.15, 0.2) is 16.6 Å². The Morgan fingerprint density at radius 3 is 1.14 bits per heavy atom. The van der Waals surface area contributed by atoms with Gasteiger partial charge in [-0.15, -0.1) is 0 Å². The molecule has 0 spiro atoms. The van der Waals surface area contributed by atoms with Crippen molar-refractivity contribution < 1.29 is 8.85 Å². The van der Waals surface area contributed by atoms with Gasteiger partial charge < -0.3 is 8.85 Å². The predicted octanol–water partition coefficient (Wildman–Crippen LogP) is 9.28. The Bertz CT molecular complexity index is 397. The van der Waals surface area contributed by atoms with E-state index < -0.39 is 16.6 Å². The fourth-order valence-corrected chi connectivity index (χ4v) is 4.51. The molecule has 0 aromatic heterocycles. The van der Waals surface area contributed by atoms with E-state index in [1.807, 2.05) is 0 Å². The minimum atomic E-state index is -1.70. The van der Waals surface area contributed by atoms with Crippen molar-refractivity contribution in [3.63, 3.8) is 0 Å². The van der Waals surface area contributed by atoms with Gasteiger partial charge in [0.25, 0.3) is 0 Å². The van der Waals surface area contributed by atoms with Gasteiger partial charge in [0, 0.05) is 18.6 Å². The first-order valence-corrected chi connectivity index (χ1v) is 17.9. The van der Waals surface area contributed by atoms with Crippen LogP contribution in [0.15, 0.2) is 0 Å². The minimum Gasteiger partial charge on any atom is -0.416 e. The van der Waals surface area contributed by atoms with Crippen LogP contribution in [0.2, 0.25) is 36.3 Å². The second-order valence-electron chi connectivity index (χ2n) is 12.6. The molecule has 0 saturated carbocycles. The molecule has 0 saturated heterocycles. The summed E-state index contributed by atoms with van der Waals surface area (Å²) in [5, 5.41) is 0.529. The van der Waals surface area contributed by atoms with E-state index in [1.165, 1.54) is 19.3 Å². The normalized spacial score (nSPS) is 14.1. The van der Waals surface area contributed by atoms with Crippen molar-refractivity contribution >= 4 is 16.6 Å². The lowest BCUT2D eigenvalue weighted by molar-refractivity contribution is 0.0718. The molecule has 0 bridgehead atoms. The smallest absolute Gasteiger partial charge is 0.192 e. The second kappa shape index (κ2) is 12.4. The van der Waals surface area contributed by atoms with Crippen LogP contribution in [0.5, 0.6) is 0 Å². The average molecular weight is 447 g/mol. The summed E-state index contributed by atoms with van der Waals surface area (Å²) >= 11 is 0. The monoisotopic (exact) mass is 446 g/mol. The molecule has 0 aliphatic heterocycles. The van der Waals surface area contributed by atoms with E-state index in [1.54, 1.807) is 0 Å². The quantitative estimate of drug-likeness (QED) is 0.311. The summed E-state index contributed by atoms with van der Waals surface area (Å²) in [6, 6.07) is 0. The molecule has 0 fully saturated rings. The van der Waals surface area contributed by atoms with Gasteiger partial charge in [0.2, 0.25) is 0 Å². The Labute approximate surface area is 188 Å². The molecule has 0 radical (unpaired) electrons. The average Bonchev–Trinajstić information content (AvgIpc) is 2.57. The van der Waals surface area contributed by atoms with Crippen molar-refractivity contribution in [2.45, 2.75) is 138 Å². The molecule has 0 aliphatic carbocycles. The molecular weight excluding hydrogens is 388 g/mol. The van der Waals surface area contributed by atoms with Crippen LogP contribution in [-0.4, -0.2) is 29.8 Å². The third kappa shape index (κ3) is 12.1. The van der Waals surface area contributed by atoms with Crippen molar-refractivity contribution in [2.24, 2.45) is 11.3 Å². The molecule has 0 aliphatic rings. The fraction of sp³-hybridized carbons (Fsp3) is 1.00. The van der Waals surface area contributed by atoms with E-state index in [9.17, 15) is 0 Å². The molecule has 0 N–H and O–H groups in total. The van der Waals surface area contributed by atoms with Crippen molar-refractivity contribution in [3.8, 4) is 0 Å². The maximum absolute atomic E-state index is 6.54. The standard InChI is InChI=1S/C19H44O2Si2.C6H14/c1-13-14-19(8,15-20-22(9,10)17(2,3)4)16-21-23(11,12)18(5,6)7;1-4-6(3)5-2/h13-16H2,1-12H3;6H,4-5H2,1-3H3. The first kappa shape index (κ1) is 31.5. The largest absolute Gasteiger partial charge is 0.416 e. The number of hydrogen-bond acceptors (Lipinski definition) is 2. The van der Waals surface area contributed by atoms with Crippen molar-refractivity contribution in [1.29, 1.82) is 0 Å². The molecule has 0 aromatic rings. The molecule has 4 heteroatoms. The van der Waals surface area contributed by atoms with Crippen molar-refractivity contribution in [3.05, 3.63) is 0 Å². The fourth-order valence-electron chi connectivity index (χ4n) is 2.22. The zero-order valence-corrected chi connectivity index (χ0v) is 25.1. The van der Waals surface area contributed by atoms with Gasteiger partial charge in [-0.3, -0.25) is 0 Å². The zero-order valence-electron chi connectivity index (χ0n) is 23.1. The molecule has 0 heterocycles. The Balaban J connectivity index is 0. The lowest BCUT2D eigenvalue weighted by atomic mass is 9.88. The Morgan fingerprint density at radius 1 is 0.655 bits per heavy atom. The number of hydrogen-bond donors (Lipinski definition) is 0. The van der Waals surface area contributed by atoms with E-state index >= 15 is 0 Å². The van der Waals surface area contributed by atoms with Crippen LogP contribution in [0.3, 0.4) is 0 Å². The predicted molar refractivity (Wildman–Crippen MR) is 139 cm³/mol. The van der Waals surface area contributed by atoms with E-state index in [0.717, 1.165) is 25.6 Å². The Hall–Kier alpha value is 0.354. The zero-order chi connectivity index (χ0) is 23.7. The van der Waals surface area contributed by atoms with Crippen molar-refractivity contribution in [2.75, 3.05) is 13.2 Å². The van der Waals surface area contributed by atoms with Gasteiger partial charge in [0.1, 0.15) is 0 Å². The van der Waals surface area contributed by atoms with Crippen LogP contribution in [0.25, 0.3) is 0 Å². The maximum atomic E-state index is 6.54. The van der Waals surface area contributed by atoms with E-state index in [0.29, 0.717) is 0 Å². The molecule has 0 rings (SSSR count). The summed E-state index contributed by atoms with van der Waals surface area (Å²) in [5.74, 6) is 0.935. The van der Waals surface area contributed by atoms with Gasteiger partial charge in [-0.2, -0.15) is 0 Å². The lowest BCUT2D eigenvalue weighted by Gasteiger charge is -2.42. The summed E-state index contributed by atoms with van der Waals surface area (Å²) in [6.07, 6.45) is 5.00. The van der Waals surface area contributed by atoms with Crippen molar-refractivity contribution in [1.82, 2.24) is 0 Å². The van der Waals surface area contributed by atoms with E-state index in [4.69, 9.17) is 8.85 Å². The van der Waals surface area contributed by atoms with Crippen LogP contribution >= 0.6 is 0 Å². The van der Waals surface area contributed by atoms with Gasteiger partial charge in [-0.05, 0) is 48.6 Å². The van der Waals surface area contributed by atoms with Gasteiger partial charge in [-0.1, -0.05) is 95.4 Å². The molecular formula is C25H58O2Si2. The van der Waals surface area contributed by atoms with Crippen LogP contribution in [0.1, 0.15) is 102 Å². The molecule has 29 heavy (non-hydrogen) atoms. The van der Waals surface area contributed by atoms with Gasteiger partial charge >= 0.3 is 0 Å². The molecule has 0 aromatic carbocycles. The van der Waals surface area contributed by atoms with Crippen LogP contribution < -0.4 is 0 Å². The minimum absolute atomic E-state index is 0.125. The highest BCUT2D eigenvalue weighted by Gasteiger charge is 2.41. The van der Waals surface area contributed by atoms with Crippen LogP contribution in [-0.2, 0) is 8.85 Å². The van der Waals surface area contributed by atoms with Gasteiger partial charge in [0.05, 0.1) is 0 Å². The molecule has 0 atom stereocenters. The third-order valence-corrected chi connectivity index (χ3v) is 16.4. The Morgan fingerprint density at radius 2 is 0.966 bits per heavy atom. The highest BCUT2D eigenvalue weighted by molar-refractivity contribution is 6.74. The maximum Gasteiger partial charge on any atom is 0.192 e. The molecule has 2 nitrogen and oxygen atoms in total. The molecule has 0 unspecified atom stereocenters. The summed E-state index contributed by atoms with van der Waals surface area (Å²) in [7, 11) is -3.40. The summed E-state index contributed by atoms with van der Waals surface area (Å²) < 4.78 is 13.1. The number of rotatable bonds is 10. The first-order valence-electron chi connectivity index (χ1n) is 12.1. The second-order valence-corrected chi connectivity index (χ2v) is 22.2. The van der Waals surface area contributed by atoms with Gasteiger partial charge in [-0.25, -0.2) is 0 Å². The first-order chi connectivity index (χ1) is 12.8. The topological polar surface area (TPSA) is 18.5 Å². The lowest BCUT2D eigenvalue weighted by Crippen LogP contribution is -2.47.